The fraction of sp³-hybridized carbons (Fsp3) is 0.154. The van der Waals surface area contributed by atoms with Gasteiger partial charge in [-0.3, -0.25) is 0 Å². The van der Waals surface area contributed by atoms with E-state index in [2.05, 4.69) is 9.82 Å². The predicted molar refractivity (Wildman–Crippen MR) is 64.8 cm³/mol. The summed E-state index contributed by atoms with van der Waals surface area (Å²) in [5, 5.41) is 0. The molecule has 0 saturated heterocycles. The Hall–Kier alpha value is -2.28. The quantitative estimate of drug-likeness (QED) is 0.877. The average Bonchev–Trinajstić information content (AvgIpc) is 2.45. The van der Waals surface area contributed by atoms with Gasteiger partial charge in [0.05, 0.1) is 5.56 Å². The number of hydrogen-bond acceptors (Lipinski definition) is 4. The number of nitrogens with zero attached hydrogens (tertiary/aromatic N) is 1. The van der Waals surface area contributed by atoms with E-state index >= 15 is 0 Å². The zero-order valence-corrected chi connectivity index (χ0v) is 10.2. The molecule has 1 aromatic carbocycles. The maximum absolute atomic E-state index is 12.4. The van der Waals surface area contributed by atoms with E-state index in [0.29, 0.717) is 5.75 Å². The van der Waals surface area contributed by atoms with Crippen LogP contribution in [0.2, 0.25) is 0 Å². The lowest BCUT2D eigenvalue weighted by Crippen LogP contribution is -2.05. The van der Waals surface area contributed by atoms with Gasteiger partial charge in [-0.15, -0.1) is 0 Å². The minimum absolute atomic E-state index is 0.184. The molecule has 2 rings (SSSR count). The van der Waals surface area contributed by atoms with Gasteiger partial charge in [-0.2, -0.15) is 19.1 Å². The van der Waals surface area contributed by atoms with Crippen LogP contribution in [0.15, 0.2) is 42.6 Å². The zero-order valence-electron chi connectivity index (χ0n) is 10.2. The molecule has 0 aliphatic rings. The smallest absolute Gasteiger partial charge is 0.416 e. The second-order valence-corrected chi connectivity index (χ2v) is 3.93. The van der Waals surface area contributed by atoms with Gasteiger partial charge >= 0.3 is 6.18 Å². The van der Waals surface area contributed by atoms with Crippen LogP contribution < -0.4 is 15.5 Å². The van der Waals surface area contributed by atoms with Crippen molar-refractivity contribution in [2.75, 3.05) is 0 Å². The van der Waals surface area contributed by atoms with Crippen molar-refractivity contribution in [3.63, 3.8) is 0 Å². The maximum Gasteiger partial charge on any atom is 0.416 e. The average molecular weight is 284 g/mol. The van der Waals surface area contributed by atoms with Gasteiger partial charge in [0.1, 0.15) is 12.4 Å². The normalized spacial score (nSPS) is 11.2. The van der Waals surface area contributed by atoms with Crippen LogP contribution in [0.5, 0.6) is 11.6 Å². The highest BCUT2D eigenvalue weighted by atomic mass is 19.4. The van der Waals surface area contributed by atoms with E-state index in [4.69, 9.17) is 10.6 Å². The lowest BCUT2D eigenvalue weighted by molar-refractivity contribution is -0.137. The van der Waals surface area contributed by atoms with Gasteiger partial charge in [0, 0.05) is 17.8 Å². The summed E-state index contributed by atoms with van der Waals surface area (Å²) >= 11 is 0. The molecule has 2 N–H and O–H groups in total. The molecule has 0 aliphatic heterocycles. The van der Waals surface area contributed by atoms with Crippen LogP contribution in [0.25, 0.3) is 0 Å². The number of halogens is 3. The Morgan fingerprint density at radius 2 is 1.75 bits per heavy atom. The lowest BCUT2D eigenvalue weighted by atomic mass is 10.2. The molecular weight excluding hydrogens is 273 g/mol. The first-order chi connectivity index (χ1) is 9.49. The molecule has 0 unspecified atom stereocenters. The summed E-state index contributed by atoms with van der Waals surface area (Å²) in [5.41, 5.74) is 0.0293. The zero-order chi connectivity index (χ0) is 14.6. The summed E-state index contributed by atoms with van der Waals surface area (Å²) in [4.78, 5) is 8.30. The molecule has 0 radical (unpaired) electrons. The fourth-order valence-electron chi connectivity index (χ4n) is 1.47. The number of alkyl halides is 3. The second-order valence-electron chi connectivity index (χ2n) is 3.93. The van der Waals surface area contributed by atoms with Crippen molar-refractivity contribution in [2.24, 2.45) is 5.90 Å². The van der Waals surface area contributed by atoms with Crippen LogP contribution in [-0.2, 0) is 12.8 Å². The molecule has 0 saturated carbocycles. The molecule has 0 spiro atoms. The van der Waals surface area contributed by atoms with Crippen molar-refractivity contribution in [1.29, 1.82) is 0 Å². The van der Waals surface area contributed by atoms with E-state index in [9.17, 15) is 13.2 Å². The number of ether oxygens (including phenoxy) is 1. The summed E-state index contributed by atoms with van der Waals surface area (Å²) in [5.74, 6) is 5.54. The van der Waals surface area contributed by atoms with E-state index in [1.165, 1.54) is 18.3 Å². The molecular formula is C13H11F3N2O2. The third-order valence-electron chi connectivity index (χ3n) is 2.51. The van der Waals surface area contributed by atoms with Crippen LogP contribution in [-0.4, -0.2) is 4.98 Å². The molecule has 0 atom stereocenters. The van der Waals surface area contributed by atoms with Crippen LogP contribution in [0, 0.1) is 0 Å². The predicted octanol–water partition coefficient (Wildman–Crippen LogP) is 2.93. The minimum atomic E-state index is -4.35. The van der Waals surface area contributed by atoms with E-state index in [1.54, 1.807) is 12.1 Å². The molecule has 0 bridgehead atoms. The van der Waals surface area contributed by atoms with Gasteiger partial charge in [0.2, 0.25) is 5.88 Å². The Bertz CT molecular complexity index is 553. The Balaban J connectivity index is 1.96. The summed E-state index contributed by atoms with van der Waals surface area (Å²) in [6.45, 7) is 0.184. The van der Waals surface area contributed by atoms with Crippen molar-refractivity contribution in [3.05, 3.63) is 53.7 Å². The van der Waals surface area contributed by atoms with Crippen molar-refractivity contribution < 1.29 is 22.7 Å². The van der Waals surface area contributed by atoms with Crippen LogP contribution >= 0.6 is 0 Å². The molecule has 1 aromatic heterocycles. The molecule has 0 aliphatic carbocycles. The van der Waals surface area contributed by atoms with E-state index < -0.39 is 11.7 Å². The standard InChI is InChI=1S/C13H11F3N2O2/c14-13(15,16)10-2-4-11(5-3-10)19-8-9-1-6-12(20-17)18-7-9/h1-7H,8,17H2. The Morgan fingerprint density at radius 1 is 1.05 bits per heavy atom. The van der Waals surface area contributed by atoms with Gasteiger partial charge in [0.25, 0.3) is 0 Å². The highest BCUT2D eigenvalue weighted by Crippen LogP contribution is 2.30. The van der Waals surface area contributed by atoms with Crippen molar-refractivity contribution >= 4 is 0 Å². The van der Waals surface area contributed by atoms with Crippen LogP contribution in [0.4, 0.5) is 13.2 Å². The summed E-state index contributed by atoms with van der Waals surface area (Å²) in [7, 11) is 0. The molecule has 106 valence electrons. The number of aromatic nitrogens is 1. The van der Waals surface area contributed by atoms with E-state index in [-0.39, 0.29) is 12.5 Å². The second kappa shape index (κ2) is 5.79. The highest BCUT2D eigenvalue weighted by molar-refractivity contribution is 5.29. The monoisotopic (exact) mass is 284 g/mol. The molecule has 7 heteroatoms. The topological polar surface area (TPSA) is 57.4 Å². The summed E-state index contributed by atoms with van der Waals surface area (Å²) in [6.07, 6.45) is -2.84. The molecule has 1 heterocycles. The fourth-order valence-corrected chi connectivity index (χ4v) is 1.47. The Morgan fingerprint density at radius 3 is 2.25 bits per heavy atom. The third kappa shape index (κ3) is 3.61. The molecule has 2 aromatic rings. The van der Waals surface area contributed by atoms with Crippen molar-refractivity contribution in [3.8, 4) is 11.6 Å². The lowest BCUT2D eigenvalue weighted by Gasteiger charge is -2.09. The van der Waals surface area contributed by atoms with E-state index in [0.717, 1.165) is 17.7 Å². The first-order valence-corrected chi connectivity index (χ1v) is 5.61. The number of rotatable bonds is 4. The van der Waals surface area contributed by atoms with Crippen molar-refractivity contribution in [1.82, 2.24) is 4.98 Å². The first kappa shape index (κ1) is 14.1. The molecule has 0 amide bonds. The molecule has 4 nitrogen and oxygen atoms in total. The van der Waals surface area contributed by atoms with E-state index in [1.807, 2.05) is 0 Å². The maximum atomic E-state index is 12.4. The van der Waals surface area contributed by atoms with Gasteiger partial charge in [-0.05, 0) is 30.3 Å². The van der Waals surface area contributed by atoms with Gasteiger partial charge < -0.3 is 9.57 Å². The highest BCUT2D eigenvalue weighted by Gasteiger charge is 2.29. The largest absolute Gasteiger partial charge is 0.489 e. The number of nitrogens with two attached hydrogens (primary N) is 1. The Kier molecular flexibility index (Phi) is 4.09. The Labute approximate surface area is 112 Å². The third-order valence-corrected chi connectivity index (χ3v) is 2.51. The summed E-state index contributed by atoms with van der Waals surface area (Å²) in [6, 6.07) is 7.74. The van der Waals surface area contributed by atoms with Gasteiger partial charge in [-0.25, -0.2) is 4.98 Å². The number of benzene rings is 1. The molecule has 20 heavy (non-hydrogen) atoms. The first-order valence-electron chi connectivity index (χ1n) is 5.61. The SMILES string of the molecule is NOc1ccc(COc2ccc(C(F)(F)F)cc2)cn1. The molecule has 0 fully saturated rings. The minimum Gasteiger partial charge on any atom is -0.489 e. The number of pyridine rings is 1. The van der Waals surface area contributed by atoms with Gasteiger partial charge in [-0.1, -0.05) is 0 Å². The van der Waals surface area contributed by atoms with Crippen LogP contribution in [0.3, 0.4) is 0 Å². The van der Waals surface area contributed by atoms with Gasteiger partial charge in [0.15, 0.2) is 0 Å². The summed E-state index contributed by atoms with van der Waals surface area (Å²) < 4.78 is 42.5. The van der Waals surface area contributed by atoms with Crippen LogP contribution in [0.1, 0.15) is 11.1 Å². The van der Waals surface area contributed by atoms with Crippen molar-refractivity contribution in [2.45, 2.75) is 12.8 Å². The number of hydrogen-bond donors (Lipinski definition) is 1.